The summed E-state index contributed by atoms with van der Waals surface area (Å²) in [5.74, 6) is 2.77. The van der Waals surface area contributed by atoms with E-state index in [0.717, 1.165) is 5.56 Å². The Morgan fingerprint density at radius 3 is 2.71 bits per heavy atom. The van der Waals surface area contributed by atoms with Crippen molar-refractivity contribution < 1.29 is 9.90 Å². The summed E-state index contributed by atoms with van der Waals surface area (Å²) in [6.07, 6.45) is 5.20. The van der Waals surface area contributed by atoms with Crippen LogP contribution in [0.4, 0.5) is 4.79 Å². The fourth-order valence-electron chi connectivity index (χ4n) is 1.77. The predicted molar refractivity (Wildman–Crippen MR) is 63.4 cm³/mol. The lowest BCUT2D eigenvalue weighted by Gasteiger charge is -2.22. The van der Waals surface area contributed by atoms with Crippen LogP contribution in [-0.4, -0.2) is 28.4 Å². The van der Waals surface area contributed by atoms with Gasteiger partial charge < -0.3 is 10.8 Å². The van der Waals surface area contributed by atoms with E-state index < -0.39 is 12.1 Å². The number of urea groups is 1. The number of aromatic hydroxyl groups is 1. The molecule has 0 radical (unpaired) electrons. The highest BCUT2D eigenvalue weighted by Crippen LogP contribution is 2.27. The average molecular weight is 229 g/mol. The number of benzene rings is 1. The normalized spacial score (nSPS) is 19.0. The standard InChI is InChI=1S/C12H11N3O2/c1-2-7-15-10(11(13)14-12(15)17)8-3-5-9(16)6-4-8/h1,3-6,10,16H,7H2,(H2,13,14,17). The second kappa shape index (κ2) is 4.18. The predicted octanol–water partition coefficient (Wildman–Crippen LogP) is 0.859. The number of phenolic OH excluding ortho intramolecular Hbond substituents is 1. The Balaban J connectivity index is 2.36. The Bertz CT molecular complexity index is 514. The molecule has 1 aliphatic heterocycles. The van der Waals surface area contributed by atoms with Crippen LogP contribution < -0.4 is 5.73 Å². The van der Waals surface area contributed by atoms with Crippen LogP contribution in [0, 0.1) is 12.3 Å². The van der Waals surface area contributed by atoms with Gasteiger partial charge in [0.2, 0.25) is 0 Å². The van der Waals surface area contributed by atoms with Gasteiger partial charge in [0, 0.05) is 0 Å². The van der Waals surface area contributed by atoms with E-state index in [1.54, 1.807) is 12.1 Å². The quantitative estimate of drug-likeness (QED) is 0.738. The molecule has 0 spiro atoms. The van der Waals surface area contributed by atoms with Gasteiger partial charge in [0.1, 0.15) is 17.6 Å². The lowest BCUT2D eigenvalue weighted by Crippen LogP contribution is -2.33. The van der Waals surface area contributed by atoms with Crippen LogP contribution in [0.3, 0.4) is 0 Å². The Morgan fingerprint density at radius 1 is 1.47 bits per heavy atom. The molecule has 5 nitrogen and oxygen atoms in total. The van der Waals surface area contributed by atoms with Crippen molar-refractivity contribution in [3.8, 4) is 18.1 Å². The molecule has 2 amide bonds. The van der Waals surface area contributed by atoms with E-state index in [1.165, 1.54) is 17.0 Å². The zero-order valence-electron chi connectivity index (χ0n) is 9.00. The Labute approximate surface area is 98.6 Å². The first-order valence-electron chi connectivity index (χ1n) is 5.00. The number of rotatable bonds is 2. The van der Waals surface area contributed by atoms with E-state index in [9.17, 15) is 9.90 Å². The number of hydrogen-bond donors (Lipinski definition) is 2. The largest absolute Gasteiger partial charge is 0.508 e. The number of nitrogens with zero attached hydrogens (tertiary/aromatic N) is 2. The fraction of sp³-hybridized carbons (Fsp3) is 0.167. The number of terminal acetylenes is 1. The zero-order chi connectivity index (χ0) is 12.4. The van der Waals surface area contributed by atoms with Gasteiger partial charge in [-0.1, -0.05) is 18.1 Å². The molecule has 0 fully saturated rings. The van der Waals surface area contributed by atoms with E-state index in [0.29, 0.717) is 0 Å². The number of nitrogens with two attached hydrogens (primary N) is 1. The second-order valence-corrected chi connectivity index (χ2v) is 3.65. The first kappa shape index (κ1) is 11.0. The number of amides is 2. The maximum atomic E-state index is 11.5. The Hall–Kier alpha value is -2.48. The van der Waals surface area contributed by atoms with Gasteiger partial charge in [-0.05, 0) is 17.7 Å². The number of carbonyl (C=O) groups excluding carboxylic acids is 1. The number of aliphatic imine (C=N–C) groups is 1. The number of amidine groups is 1. The van der Waals surface area contributed by atoms with Crippen LogP contribution in [0.25, 0.3) is 0 Å². The van der Waals surface area contributed by atoms with Crippen molar-refractivity contribution >= 4 is 11.9 Å². The lowest BCUT2D eigenvalue weighted by atomic mass is 10.1. The summed E-state index contributed by atoms with van der Waals surface area (Å²) in [7, 11) is 0. The molecule has 1 unspecified atom stereocenters. The SMILES string of the molecule is C#CCN1C(=O)N=C(N)C1c1ccc(O)cc1. The molecule has 1 aromatic rings. The maximum absolute atomic E-state index is 11.5. The third-order valence-corrected chi connectivity index (χ3v) is 2.53. The zero-order valence-corrected chi connectivity index (χ0v) is 9.00. The van der Waals surface area contributed by atoms with Crippen LogP contribution in [0.5, 0.6) is 5.75 Å². The summed E-state index contributed by atoms with van der Waals surface area (Å²) >= 11 is 0. The van der Waals surface area contributed by atoms with E-state index in [-0.39, 0.29) is 18.1 Å². The van der Waals surface area contributed by atoms with Gasteiger partial charge in [0.25, 0.3) is 0 Å². The summed E-state index contributed by atoms with van der Waals surface area (Å²) in [6.45, 7) is 0.147. The molecule has 2 rings (SSSR count). The third-order valence-electron chi connectivity index (χ3n) is 2.53. The molecule has 0 saturated heterocycles. The summed E-state index contributed by atoms with van der Waals surface area (Å²) in [5, 5.41) is 9.21. The van der Waals surface area contributed by atoms with Gasteiger partial charge >= 0.3 is 6.03 Å². The molecule has 0 saturated carbocycles. The topological polar surface area (TPSA) is 78.9 Å². The molecule has 0 bridgehead atoms. The van der Waals surface area contributed by atoms with E-state index in [2.05, 4.69) is 10.9 Å². The van der Waals surface area contributed by atoms with Gasteiger partial charge in [0.15, 0.2) is 0 Å². The highest BCUT2D eigenvalue weighted by molar-refractivity contribution is 6.03. The molecule has 1 heterocycles. The minimum atomic E-state index is -0.445. The first-order chi connectivity index (χ1) is 8.13. The van der Waals surface area contributed by atoms with Gasteiger partial charge in [-0.15, -0.1) is 6.42 Å². The Kier molecular flexibility index (Phi) is 2.71. The molecule has 3 N–H and O–H groups in total. The minimum absolute atomic E-state index is 0.147. The van der Waals surface area contributed by atoms with E-state index in [1.807, 2.05) is 0 Å². The lowest BCUT2D eigenvalue weighted by molar-refractivity contribution is 0.213. The smallest absolute Gasteiger partial charge is 0.346 e. The Morgan fingerprint density at radius 2 is 2.12 bits per heavy atom. The van der Waals surface area contributed by atoms with Crippen molar-refractivity contribution in [2.24, 2.45) is 10.7 Å². The number of hydrogen-bond acceptors (Lipinski definition) is 3. The molecule has 17 heavy (non-hydrogen) atoms. The molecular weight excluding hydrogens is 218 g/mol. The third kappa shape index (κ3) is 1.93. The van der Waals surface area contributed by atoms with Gasteiger partial charge in [0.05, 0.1) is 6.54 Å². The number of phenols is 1. The molecule has 1 aliphatic rings. The van der Waals surface area contributed by atoms with Crippen molar-refractivity contribution in [3.05, 3.63) is 29.8 Å². The van der Waals surface area contributed by atoms with Crippen molar-refractivity contribution in [1.29, 1.82) is 0 Å². The monoisotopic (exact) mass is 229 g/mol. The highest BCUT2D eigenvalue weighted by Gasteiger charge is 2.33. The fourth-order valence-corrected chi connectivity index (χ4v) is 1.77. The molecule has 86 valence electrons. The minimum Gasteiger partial charge on any atom is -0.508 e. The van der Waals surface area contributed by atoms with Crippen molar-refractivity contribution in [3.63, 3.8) is 0 Å². The molecule has 0 aromatic heterocycles. The maximum Gasteiger partial charge on any atom is 0.346 e. The molecule has 1 aromatic carbocycles. The van der Waals surface area contributed by atoms with Gasteiger partial charge in [-0.3, -0.25) is 4.90 Å². The summed E-state index contributed by atoms with van der Waals surface area (Å²) in [4.78, 5) is 16.6. The molecule has 1 atom stereocenters. The van der Waals surface area contributed by atoms with Crippen LogP contribution in [0.2, 0.25) is 0 Å². The van der Waals surface area contributed by atoms with Crippen molar-refractivity contribution in [1.82, 2.24) is 4.90 Å². The second-order valence-electron chi connectivity index (χ2n) is 3.65. The van der Waals surface area contributed by atoms with Gasteiger partial charge in [-0.25, -0.2) is 4.79 Å². The molecule has 0 aliphatic carbocycles. The summed E-state index contributed by atoms with van der Waals surface area (Å²) < 4.78 is 0. The van der Waals surface area contributed by atoms with E-state index >= 15 is 0 Å². The van der Waals surface area contributed by atoms with Crippen molar-refractivity contribution in [2.75, 3.05) is 6.54 Å². The molecular formula is C12H11N3O2. The first-order valence-corrected chi connectivity index (χ1v) is 5.00. The van der Waals surface area contributed by atoms with Crippen LogP contribution >= 0.6 is 0 Å². The summed E-state index contributed by atoms with van der Waals surface area (Å²) in [5.41, 5.74) is 6.49. The molecule has 5 heteroatoms. The summed E-state index contributed by atoms with van der Waals surface area (Å²) in [6, 6.07) is 5.55. The van der Waals surface area contributed by atoms with E-state index in [4.69, 9.17) is 12.2 Å². The average Bonchev–Trinajstić information content (AvgIpc) is 2.56. The van der Waals surface area contributed by atoms with Gasteiger partial charge in [-0.2, -0.15) is 4.99 Å². The van der Waals surface area contributed by atoms with Crippen LogP contribution in [-0.2, 0) is 0 Å². The van der Waals surface area contributed by atoms with Crippen LogP contribution in [0.1, 0.15) is 11.6 Å². The number of carbonyl (C=O) groups is 1. The highest BCUT2D eigenvalue weighted by atomic mass is 16.3. The van der Waals surface area contributed by atoms with Crippen LogP contribution in [0.15, 0.2) is 29.3 Å². The van der Waals surface area contributed by atoms with Crippen molar-refractivity contribution in [2.45, 2.75) is 6.04 Å².